The van der Waals surface area contributed by atoms with Crippen molar-refractivity contribution < 1.29 is 38.7 Å². The number of nitrogens with one attached hydrogen (secondary N) is 4. The van der Waals surface area contributed by atoms with Gasteiger partial charge in [0.2, 0.25) is 35.4 Å². The van der Waals surface area contributed by atoms with Crippen molar-refractivity contribution in [2.24, 2.45) is 5.41 Å². The van der Waals surface area contributed by atoms with Crippen LogP contribution in [0, 0.1) is 5.41 Å². The van der Waals surface area contributed by atoms with E-state index in [0.29, 0.717) is 0 Å². The molecule has 6 amide bonds. The van der Waals surface area contributed by atoms with E-state index in [1.165, 1.54) is 4.90 Å². The molecule has 15 heteroatoms. The predicted octanol–water partition coefficient (Wildman–Crippen LogP) is 1.06. The van der Waals surface area contributed by atoms with Gasteiger partial charge < -0.3 is 31.3 Å². The van der Waals surface area contributed by atoms with Gasteiger partial charge in [-0.3, -0.25) is 38.5 Å². The van der Waals surface area contributed by atoms with Crippen molar-refractivity contribution in [1.82, 2.24) is 31.1 Å². The van der Waals surface area contributed by atoms with Gasteiger partial charge in [-0.1, -0.05) is 71.0 Å². The third kappa shape index (κ3) is 12.0. The van der Waals surface area contributed by atoms with Gasteiger partial charge in [-0.25, -0.2) is 0 Å². The Balaban J connectivity index is 1.89. The molecule has 0 aromatic heterocycles. The average Bonchev–Trinajstić information content (AvgIpc) is 3.31. The summed E-state index contributed by atoms with van der Waals surface area (Å²) < 4.78 is 0. The molecule has 1 aromatic rings. The summed E-state index contributed by atoms with van der Waals surface area (Å²) in [6.45, 7) is 10.7. The van der Waals surface area contributed by atoms with Crippen molar-refractivity contribution in [3.8, 4) is 0 Å². The fourth-order valence-corrected chi connectivity index (χ4v) is 6.49. The lowest BCUT2D eigenvalue weighted by atomic mass is 9.76. The maximum atomic E-state index is 13.6. The highest BCUT2D eigenvalue weighted by Gasteiger charge is 2.41. The number of amides is 6. The van der Waals surface area contributed by atoms with Crippen molar-refractivity contribution in [3.05, 3.63) is 47.5 Å². The average molecular weight is 717 g/mol. The lowest BCUT2D eigenvalue weighted by molar-refractivity contribution is -0.139. The number of carboxylic acids is 1. The van der Waals surface area contributed by atoms with E-state index < -0.39 is 51.9 Å². The highest BCUT2D eigenvalue weighted by atomic mass is 32.2. The van der Waals surface area contributed by atoms with E-state index >= 15 is 0 Å². The number of hydrogen-bond acceptors (Lipinski definition) is 9. The van der Waals surface area contributed by atoms with Crippen molar-refractivity contribution in [3.63, 3.8) is 0 Å². The van der Waals surface area contributed by atoms with Crippen LogP contribution in [0.1, 0.15) is 59.9 Å². The molecule has 0 radical (unpaired) electrons. The molecule has 1 heterocycles. The number of benzene rings is 1. The van der Waals surface area contributed by atoms with Crippen LogP contribution < -0.4 is 21.3 Å². The van der Waals surface area contributed by atoms with Crippen molar-refractivity contribution in [1.29, 1.82) is 0 Å². The van der Waals surface area contributed by atoms with E-state index in [4.69, 9.17) is 5.11 Å². The van der Waals surface area contributed by atoms with Gasteiger partial charge in [0.05, 0.1) is 24.3 Å². The molecule has 0 saturated carbocycles. The molecule has 0 bridgehead atoms. The minimum atomic E-state index is -0.983. The van der Waals surface area contributed by atoms with Gasteiger partial charge in [-0.05, 0) is 24.9 Å². The Morgan fingerprint density at radius 3 is 2.26 bits per heavy atom. The first-order valence-corrected chi connectivity index (χ1v) is 17.5. The normalized spacial score (nSPS) is 16.4. The summed E-state index contributed by atoms with van der Waals surface area (Å²) in [5.41, 5.74) is 0.0323. The third-order valence-corrected chi connectivity index (χ3v) is 9.71. The standard InChI is InChI=1S/C35H52N6O8S/c1-22(30(46)38-21-25(42)37-16-18-41-26(43)20-24(32(41)48)50-19-15-27(44)45)14-17-40(8)33(49)29(34(2,3)4)39-31(47)28(36-7)35(5,6)23-12-10-9-11-13-23/h9-14,24,28-29,36H,15-21H2,1-8H3,(H,37,42)(H,38,46)(H,39,47)(H,44,45)/b22-14+/t24?,28-,29?/m1/s1. The van der Waals surface area contributed by atoms with Crippen LogP contribution in [-0.2, 0) is 39.0 Å². The highest BCUT2D eigenvalue weighted by molar-refractivity contribution is 8.00. The van der Waals surface area contributed by atoms with Crippen LogP contribution in [0.25, 0.3) is 0 Å². The first-order valence-electron chi connectivity index (χ1n) is 16.5. The van der Waals surface area contributed by atoms with E-state index in [1.54, 1.807) is 27.1 Å². The predicted molar refractivity (Wildman–Crippen MR) is 191 cm³/mol. The van der Waals surface area contributed by atoms with Gasteiger partial charge in [0.15, 0.2) is 0 Å². The second-order valence-electron chi connectivity index (χ2n) is 13.8. The molecule has 2 unspecified atom stereocenters. The van der Waals surface area contributed by atoms with Crippen LogP contribution >= 0.6 is 11.8 Å². The maximum absolute atomic E-state index is 13.6. The number of aliphatic carboxylic acids is 1. The molecule has 14 nitrogen and oxygen atoms in total. The second-order valence-corrected chi connectivity index (χ2v) is 15.2. The lowest BCUT2D eigenvalue weighted by Crippen LogP contribution is -2.60. The molecule has 0 spiro atoms. The monoisotopic (exact) mass is 716 g/mol. The second kappa shape index (κ2) is 18.7. The minimum Gasteiger partial charge on any atom is -0.481 e. The number of thioether (sulfide) groups is 1. The number of nitrogens with zero attached hydrogens (tertiary/aromatic N) is 2. The topological polar surface area (TPSA) is 194 Å². The number of likely N-dealkylation sites (N-methyl/N-ethyl adjacent to an activating group) is 2. The zero-order valence-corrected chi connectivity index (χ0v) is 31.1. The van der Waals surface area contributed by atoms with E-state index in [0.717, 1.165) is 22.2 Å². The molecule has 50 heavy (non-hydrogen) atoms. The Morgan fingerprint density at radius 2 is 1.68 bits per heavy atom. The van der Waals surface area contributed by atoms with Gasteiger partial charge in [0, 0.05) is 49.8 Å². The molecule has 3 atom stereocenters. The molecule has 0 aliphatic carbocycles. The summed E-state index contributed by atoms with van der Waals surface area (Å²) in [7, 11) is 3.29. The van der Waals surface area contributed by atoms with Gasteiger partial charge in [-0.2, -0.15) is 0 Å². The largest absolute Gasteiger partial charge is 0.481 e. The Bertz CT molecular complexity index is 1440. The number of carbonyl (C=O) groups excluding carboxylic acids is 6. The van der Waals surface area contributed by atoms with Gasteiger partial charge in [-0.15, -0.1) is 11.8 Å². The summed E-state index contributed by atoms with van der Waals surface area (Å²) in [4.78, 5) is 90.1. The minimum absolute atomic E-state index is 0.00920. The Hall–Kier alpha value is -4.24. The van der Waals surface area contributed by atoms with Crippen molar-refractivity contribution in [2.45, 2.75) is 77.1 Å². The summed E-state index contributed by atoms with van der Waals surface area (Å²) >= 11 is 1.12. The van der Waals surface area contributed by atoms with Crippen molar-refractivity contribution >= 4 is 53.2 Å². The van der Waals surface area contributed by atoms with Crippen LogP contribution in [0.3, 0.4) is 0 Å². The van der Waals surface area contributed by atoms with E-state index in [1.807, 2.05) is 65.0 Å². The summed E-state index contributed by atoms with van der Waals surface area (Å²) in [6, 6.07) is 8.17. The van der Waals surface area contributed by atoms with Gasteiger partial charge in [0.1, 0.15) is 6.04 Å². The summed E-state index contributed by atoms with van der Waals surface area (Å²) in [5, 5.41) is 19.3. The SMILES string of the molecule is CN[C@H](C(=O)NC(C(=O)N(C)C/C=C(\C)C(=O)NCC(=O)NCCN1C(=O)CC(SCCC(=O)O)C1=O)C(C)(C)C)C(C)(C)c1ccccc1. The zero-order chi connectivity index (χ0) is 37.8. The van der Waals surface area contributed by atoms with Gasteiger partial charge in [0.25, 0.3) is 0 Å². The summed E-state index contributed by atoms with van der Waals surface area (Å²) in [6.07, 6.45) is 1.42. The summed E-state index contributed by atoms with van der Waals surface area (Å²) in [5.74, 6) is -3.27. The molecular weight excluding hydrogens is 664 g/mol. The zero-order valence-electron chi connectivity index (χ0n) is 30.3. The fourth-order valence-electron chi connectivity index (χ4n) is 5.38. The molecule has 276 valence electrons. The Morgan fingerprint density at radius 1 is 1.04 bits per heavy atom. The maximum Gasteiger partial charge on any atom is 0.304 e. The molecule has 2 rings (SSSR count). The number of hydrogen-bond donors (Lipinski definition) is 5. The number of carboxylic acid groups (broad SMARTS) is 1. The number of imide groups is 1. The van der Waals surface area contributed by atoms with Crippen LogP contribution in [-0.4, -0.2) is 120 Å². The number of rotatable bonds is 18. The lowest BCUT2D eigenvalue weighted by Gasteiger charge is -2.38. The first-order chi connectivity index (χ1) is 23.3. The van der Waals surface area contributed by atoms with Crippen LogP contribution in [0.2, 0.25) is 0 Å². The Labute approximate surface area is 298 Å². The molecule has 1 saturated heterocycles. The van der Waals surface area contributed by atoms with Crippen LogP contribution in [0.15, 0.2) is 42.0 Å². The van der Waals surface area contributed by atoms with E-state index in [-0.39, 0.29) is 68.1 Å². The van der Waals surface area contributed by atoms with E-state index in [2.05, 4.69) is 21.3 Å². The number of likely N-dealkylation sites (tertiary alicyclic amines) is 1. The molecule has 1 fully saturated rings. The molecule has 1 aromatic carbocycles. The highest BCUT2D eigenvalue weighted by Crippen LogP contribution is 2.29. The smallest absolute Gasteiger partial charge is 0.304 e. The molecule has 1 aliphatic rings. The fraction of sp³-hybridized carbons (Fsp3) is 0.571. The van der Waals surface area contributed by atoms with Crippen LogP contribution in [0.5, 0.6) is 0 Å². The Kier molecular flexibility index (Phi) is 15.7. The van der Waals surface area contributed by atoms with Crippen LogP contribution in [0.4, 0.5) is 0 Å². The quantitative estimate of drug-likeness (QED) is 0.108. The first kappa shape index (κ1) is 41.9. The molecular formula is C35H52N6O8S. The van der Waals surface area contributed by atoms with E-state index in [9.17, 15) is 33.6 Å². The molecule has 5 N–H and O–H groups in total. The molecule has 1 aliphatic heterocycles. The van der Waals surface area contributed by atoms with Gasteiger partial charge >= 0.3 is 5.97 Å². The third-order valence-electron chi connectivity index (χ3n) is 8.50. The number of carbonyl (C=O) groups is 7. The van der Waals surface area contributed by atoms with Crippen molar-refractivity contribution in [2.75, 3.05) is 46.0 Å².